The van der Waals surface area contributed by atoms with Crippen LogP contribution in [-0.2, 0) is 5.75 Å². The summed E-state index contributed by atoms with van der Waals surface area (Å²) in [6.45, 7) is 2.70. The Morgan fingerprint density at radius 3 is 2.86 bits per heavy atom. The number of aromatic amines is 1. The third-order valence-corrected chi connectivity index (χ3v) is 6.52. The van der Waals surface area contributed by atoms with Crippen LogP contribution in [0.2, 0.25) is 0 Å². The van der Waals surface area contributed by atoms with Crippen molar-refractivity contribution in [2.75, 3.05) is 12.3 Å². The zero-order valence-corrected chi connectivity index (χ0v) is 17.5. The van der Waals surface area contributed by atoms with Crippen LogP contribution >= 0.6 is 23.5 Å². The average Bonchev–Trinajstić information content (AvgIpc) is 3.40. The number of H-pyrrole nitrogens is 1. The molecule has 8 heteroatoms. The van der Waals surface area contributed by atoms with Crippen LogP contribution in [0.25, 0.3) is 11.0 Å². The second kappa shape index (κ2) is 9.19. The second-order valence-corrected chi connectivity index (χ2v) is 8.47. The Morgan fingerprint density at radius 1 is 1.14 bits per heavy atom. The molecule has 0 saturated carbocycles. The number of carbonyl (C=O) groups is 1. The standard InChI is InChI=1S/C21H20N4O2S2/c1-14-15(13-29-21-24-16-6-2-3-7-17(16)25-21)5-4-8-19(14)28-12-11-22-20(26)18-9-10-23-27-18/h2-10H,11-13H2,1H3,(H,22,26)(H,24,25). The molecule has 2 N–H and O–H groups in total. The zero-order chi connectivity index (χ0) is 20.1. The Labute approximate surface area is 176 Å². The predicted molar refractivity (Wildman–Crippen MR) is 116 cm³/mol. The van der Waals surface area contributed by atoms with Crippen molar-refractivity contribution in [3.8, 4) is 0 Å². The molecular weight excluding hydrogens is 404 g/mol. The van der Waals surface area contributed by atoms with Gasteiger partial charge in [-0.3, -0.25) is 4.79 Å². The Kier molecular flexibility index (Phi) is 6.21. The number of fused-ring (bicyclic) bond motifs is 1. The summed E-state index contributed by atoms with van der Waals surface area (Å²) in [5.74, 6) is 1.62. The molecule has 0 aliphatic carbocycles. The van der Waals surface area contributed by atoms with Crippen molar-refractivity contribution in [2.45, 2.75) is 22.7 Å². The predicted octanol–water partition coefficient (Wildman–Crippen LogP) is 4.67. The molecule has 0 unspecified atom stereocenters. The van der Waals surface area contributed by atoms with Gasteiger partial charge in [-0.2, -0.15) is 0 Å². The molecule has 1 amide bonds. The molecule has 6 nitrogen and oxygen atoms in total. The summed E-state index contributed by atoms with van der Waals surface area (Å²) >= 11 is 3.44. The van der Waals surface area contributed by atoms with Crippen LogP contribution in [0.15, 0.2) is 69.3 Å². The SMILES string of the molecule is Cc1c(CSc2nc3ccccc3[nH]2)cccc1SCCNC(=O)c1ccno1. The van der Waals surface area contributed by atoms with E-state index in [1.807, 2.05) is 24.3 Å². The Balaban J connectivity index is 1.31. The van der Waals surface area contributed by atoms with Crippen molar-refractivity contribution in [1.29, 1.82) is 0 Å². The van der Waals surface area contributed by atoms with Crippen molar-refractivity contribution in [2.24, 2.45) is 0 Å². The third kappa shape index (κ3) is 4.83. The van der Waals surface area contributed by atoms with E-state index < -0.39 is 0 Å². The van der Waals surface area contributed by atoms with Gasteiger partial charge in [0.15, 0.2) is 5.16 Å². The molecule has 2 aromatic heterocycles. The molecule has 4 aromatic rings. The van der Waals surface area contributed by atoms with Crippen molar-refractivity contribution < 1.29 is 9.32 Å². The van der Waals surface area contributed by atoms with Crippen molar-refractivity contribution in [1.82, 2.24) is 20.4 Å². The van der Waals surface area contributed by atoms with Crippen molar-refractivity contribution in [3.63, 3.8) is 0 Å². The quantitative estimate of drug-likeness (QED) is 0.316. The molecule has 148 valence electrons. The van der Waals surface area contributed by atoms with Gasteiger partial charge >= 0.3 is 0 Å². The van der Waals surface area contributed by atoms with E-state index in [2.05, 4.69) is 45.6 Å². The van der Waals surface area contributed by atoms with E-state index in [4.69, 9.17) is 4.52 Å². The van der Waals surface area contributed by atoms with Crippen molar-refractivity contribution in [3.05, 3.63) is 71.6 Å². The minimum absolute atomic E-state index is 0.232. The lowest BCUT2D eigenvalue weighted by atomic mass is 10.1. The lowest BCUT2D eigenvalue weighted by Crippen LogP contribution is -2.25. The fourth-order valence-electron chi connectivity index (χ4n) is 2.86. The minimum atomic E-state index is -0.240. The van der Waals surface area contributed by atoms with Crippen LogP contribution in [0.3, 0.4) is 0 Å². The highest BCUT2D eigenvalue weighted by molar-refractivity contribution is 7.99. The number of para-hydroxylation sites is 2. The highest BCUT2D eigenvalue weighted by Crippen LogP contribution is 2.29. The summed E-state index contributed by atoms with van der Waals surface area (Å²) < 4.78 is 4.85. The molecule has 0 spiro atoms. The highest BCUT2D eigenvalue weighted by atomic mass is 32.2. The summed E-state index contributed by atoms with van der Waals surface area (Å²) in [6, 6.07) is 16.0. The first-order valence-electron chi connectivity index (χ1n) is 9.18. The van der Waals surface area contributed by atoms with Gasteiger partial charge in [-0.15, -0.1) is 11.8 Å². The number of thioether (sulfide) groups is 2. The topological polar surface area (TPSA) is 83.8 Å². The number of benzene rings is 2. The summed E-state index contributed by atoms with van der Waals surface area (Å²) in [7, 11) is 0. The molecule has 0 atom stereocenters. The van der Waals surface area contributed by atoms with Crippen LogP contribution in [0.5, 0.6) is 0 Å². The zero-order valence-electron chi connectivity index (χ0n) is 15.8. The van der Waals surface area contributed by atoms with Crippen molar-refractivity contribution >= 4 is 40.5 Å². The lowest BCUT2D eigenvalue weighted by Gasteiger charge is -2.10. The van der Waals surface area contributed by atoms with E-state index in [1.54, 1.807) is 29.6 Å². The number of amides is 1. The largest absolute Gasteiger partial charge is 0.351 e. The first-order chi connectivity index (χ1) is 14.2. The summed E-state index contributed by atoms with van der Waals surface area (Å²) in [5.41, 5.74) is 4.60. The summed E-state index contributed by atoms with van der Waals surface area (Å²) in [4.78, 5) is 21.1. The van der Waals surface area contributed by atoms with E-state index in [0.29, 0.717) is 6.54 Å². The molecule has 2 heterocycles. The highest BCUT2D eigenvalue weighted by Gasteiger charge is 2.10. The van der Waals surface area contributed by atoms with E-state index in [0.717, 1.165) is 27.7 Å². The number of imidazole rings is 1. The van der Waals surface area contributed by atoms with Crippen LogP contribution < -0.4 is 5.32 Å². The maximum absolute atomic E-state index is 11.9. The summed E-state index contributed by atoms with van der Waals surface area (Å²) in [6.07, 6.45) is 1.46. The molecule has 0 aliphatic rings. The fourth-order valence-corrected chi connectivity index (χ4v) is 4.76. The van der Waals surface area contributed by atoms with Gasteiger partial charge < -0.3 is 14.8 Å². The Morgan fingerprint density at radius 2 is 2.03 bits per heavy atom. The normalized spacial score (nSPS) is 11.1. The Bertz CT molecular complexity index is 1080. The molecule has 0 radical (unpaired) electrons. The van der Waals surface area contributed by atoms with Gasteiger partial charge in [0.1, 0.15) is 0 Å². The van der Waals surface area contributed by atoms with Gasteiger partial charge in [-0.1, -0.05) is 41.2 Å². The van der Waals surface area contributed by atoms with E-state index >= 15 is 0 Å². The first-order valence-corrected chi connectivity index (χ1v) is 11.2. The summed E-state index contributed by atoms with van der Waals surface area (Å²) in [5, 5.41) is 7.31. The Hall–Kier alpha value is -2.71. The average molecular weight is 425 g/mol. The number of nitrogens with one attached hydrogen (secondary N) is 2. The molecular formula is C21H20N4O2S2. The lowest BCUT2D eigenvalue weighted by molar-refractivity contribution is 0.0919. The molecule has 29 heavy (non-hydrogen) atoms. The van der Waals surface area contributed by atoms with Gasteiger partial charge in [0.25, 0.3) is 5.91 Å². The number of carbonyl (C=O) groups excluding carboxylic acids is 1. The van der Waals surface area contributed by atoms with Crippen LogP contribution in [0, 0.1) is 6.92 Å². The van der Waals surface area contributed by atoms with E-state index in [-0.39, 0.29) is 11.7 Å². The maximum atomic E-state index is 11.9. The molecule has 0 bridgehead atoms. The van der Waals surface area contributed by atoms with E-state index in [1.165, 1.54) is 22.2 Å². The smallest absolute Gasteiger partial charge is 0.289 e. The third-order valence-electron chi connectivity index (χ3n) is 4.44. The molecule has 0 fully saturated rings. The number of rotatable bonds is 8. The van der Waals surface area contributed by atoms with Crippen LogP contribution in [0.1, 0.15) is 21.7 Å². The number of hydrogen-bond donors (Lipinski definition) is 2. The van der Waals surface area contributed by atoms with Crippen LogP contribution in [-0.4, -0.2) is 33.3 Å². The van der Waals surface area contributed by atoms with Crippen LogP contribution in [0.4, 0.5) is 0 Å². The fraction of sp³-hybridized carbons (Fsp3) is 0.190. The number of nitrogens with zero attached hydrogens (tertiary/aromatic N) is 2. The number of aromatic nitrogens is 3. The molecule has 0 aliphatic heterocycles. The first kappa shape index (κ1) is 19.6. The van der Waals surface area contributed by atoms with E-state index in [9.17, 15) is 4.79 Å². The van der Waals surface area contributed by atoms with Gasteiger partial charge in [0.05, 0.1) is 17.2 Å². The maximum Gasteiger partial charge on any atom is 0.289 e. The van der Waals surface area contributed by atoms with Gasteiger partial charge in [0, 0.05) is 29.0 Å². The monoisotopic (exact) mass is 424 g/mol. The minimum Gasteiger partial charge on any atom is -0.351 e. The van der Waals surface area contributed by atoms with Gasteiger partial charge in [-0.05, 0) is 36.2 Å². The molecule has 4 rings (SSSR count). The molecule has 0 saturated heterocycles. The molecule has 2 aromatic carbocycles. The second-order valence-electron chi connectivity index (χ2n) is 6.37. The number of hydrogen-bond acceptors (Lipinski definition) is 6. The van der Waals surface area contributed by atoms with Gasteiger partial charge in [0.2, 0.25) is 5.76 Å². The van der Waals surface area contributed by atoms with Gasteiger partial charge in [-0.25, -0.2) is 4.98 Å².